The highest BCUT2D eigenvalue weighted by atomic mass is 79.9. The number of pyridine rings is 1. The van der Waals surface area contributed by atoms with Gasteiger partial charge in [0.05, 0.1) is 12.8 Å². The smallest absolute Gasteiger partial charge is 0.328 e. The van der Waals surface area contributed by atoms with Gasteiger partial charge >= 0.3 is 5.97 Å². The molecule has 1 atom stereocenters. The second kappa shape index (κ2) is 5.16. The standard InChI is InChI=1S/C10H14BrN3O2/c1-6(10(15)16-3)14(2)8-4-7(11)5-13-9(8)12/h4-6H,1-3H3,(H2,12,13)/t6-/m1/s1. The van der Waals surface area contributed by atoms with Crippen LogP contribution < -0.4 is 10.6 Å². The molecule has 0 aromatic carbocycles. The Morgan fingerprint density at radius 2 is 2.31 bits per heavy atom. The zero-order valence-electron chi connectivity index (χ0n) is 9.40. The lowest BCUT2D eigenvalue weighted by molar-refractivity contribution is -0.141. The van der Waals surface area contributed by atoms with Crippen LogP contribution in [-0.4, -0.2) is 31.2 Å². The number of rotatable bonds is 3. The largest absolute Gasteiger partial charge is 0.467 e. The van der Waals surface area contributed by atoms with E-state index in [1.807, 2.05) is 6.07 Å². The van der Waals surface area contributed by atoms with Gasteiger partial charge in [-0.05, 0) is 28.9 Å². The van der Waals surface area contributed by atoms with Gasteiger partial charge in [-0.1, -0.05) is 0 Å². The molecule has 16 heavy (non-hydrogen) atoms. The summed E-state index contributed by atoms with van der Waals surface area (Å²) in [5, 5.41) is 0. The number of aromatic nitrogens is 1. The lowest BCUT2D eigenvalue weighted by atomic mass is 10.2. The molecule has 6 heteroatoms. The van der Waals surface area contributed by atoms with Crippen LogP contribution in [0.4, 0.5) is 11.5 Å². The number of nitrogens with two attached hydrogens (primary N) is 1. The van der Waals surface area contributed by atoms with Gasteiger partial charge in [0.2, 0.25) is 0 Å². The maximum Gasteiger partial charge on any atom is 0.328 e. The molecule has 0 aliphatic rings. The van der Waals surface area contributed by atoms with E-state index in [4.69, 9.17) is 5.73 Å². The number of halogens is 1. The second-order valence-electron chi connectivity index (χ2n) is 3.37. The monoisotopic (exact) mass is 287 g/mol. The van der Waals surface area contributed by atoms with Gasteiger partial charge in [-0.25, -0.2) is 9.78 Å². The number of carbonyl (C=O) groups excluding carboxylic acids is 1. The molecular formula is C10H14BrN3O2. The van der Waals surface area contributed by atoms with Crippen LogP contribution in [0.25, 0.3) is 0 Å². The van der Waals surface area contributed by atoms with E-state index in [0.717, 1.165) is 4.47 Å². The topological polar surface area (TPSA) is 68.5 Å². The van der Waals surface area contributed by atoms with Gasteiger partial charge in [0.15, 0.2) is 0 Å². The van der Waals surface area contributed by atoms with Crippen LogP contribution in [0.5, 0.6) is 0 Å². The van der Waals surface area contributed by atoms with Crippen LogP contribution in [0.3, 0.4) is 0 Å². The molecule has 1 rings (SSSR count). The van der Waals surface area contributed by atoms with Crippen molar-refractivity contribution in [2.24, 2.45) is 0 Å². The van der Waals surface area contributed by atoms with Crippen molar-refractivity contribution >= 4 is 33.4 Å². The average molecular weight is 288 g/mol. The Morgan fingerprint density at radius 1 is 1.69 bits per heavy atom. The Kier molecular flexibility index (Phi) is 4.12. The molecule has 0 fully saturated rings. The fraction of sp³-hybridized carbons (Fsp3) is 0.400. The van der Waals surface area contributed by atoms with E-state index < -0.39 is 6.04 Å². The first kappa shape index (κ1) is 12.8. The van der Waals surface area contributed by atoms with Gasteiger partial charge < -0.3 is 15.4 Å². The van der Waals surface area contributed by atoms with Gasteiger partial charge in [0.25, 0.3) is 0 Å². The van der Waals surface area contributed by atoms with E-state index in [1.165, 1.54) is 7.11 Å². The molecule has 0 radical (unpaired) electrons. The Balaban J connectivity index is 2.99. The minimum absolute atomic E-state index is 0.318. The van der Waals surface area contributed by atoms with Crippen LogP contribution in [-0.2, 0) is 9.53 Å². The summed E-state index contributed by atoms with van der Waals surface area (Å²) in [6.07, 6.45) is 1.61. The molecule has 1 aromatic rings. The molecule has 1 aromatic heterocycles. The number of anilines is 2. The van der Waals surface area contributed by atoms with Crippen LogP contribution in [0.15, 0.2) is 16.7 Å². The molecule has 0 amide bonds. The van der Waals surface area contributed by atoms with Crippen molar-refractivity contribution in [3.8, 4) is 0 Å². The lowest BCUT2D eigenvalue weighted by Crippen LogP contribution is -2.37. The second-order valence-corrected chi connectivity index (χ2v) is 4.28. The summed E-state index contributed by atoms with van der Waals surface area (Å²) in [7, 11) is 3.12. The van der Waals surface area contributed by atoms with Crippen molar-refractivity contribution < 1.29 is 9.53 Å². The van der Waals surface area contributed by atoms with E-state index in [-0.39, 0.29) is 5.97 Å². The quantitative estimate of drug-likeness (QED) is 0.852. The van der Waals surface area contributed by atoms with Gasteiger partial charge in [-0.2, -0.15) is 0 Å². The summed E-state index contributed by atoms with van der Waals surface area (Å²) >= 11 is 3.31. The summed E-state index contributed by atoms with van der Waals surface area (Å²) < 4.78 is 5.48. The van der Waals surface area contributed by atoms with Crippen LogP contribution in [0.1, 0.15) is 6.92 Å². The SMILES string of the molecule is COC(=O)[C@@H](C)N(C)c1cc(Br)cnc1N. The predicted molar refractivity (Wildman–Crippen MR) is 66.2 cm³/mol. The van der Waals surface area contributed by atoms with E-state index >= 15 is 0 Å². The molecule has 0 aliphatic carbocycles. The zero-order valence-corrected chi connectivity index (χ0v) is 11.0. The number of methoxy groups -OCH3 is 1. The Bertz CT molecular complexity index is 398. The third-order valence-electron chi connectivity index (χ3n) is 2.37. The van der Waals surface area contributed by atoms with Gasteiger partial charge in [-0.3, -0.25) is 0 Å². The first-order valence-corrected chi connectivity index (χ1v) is 5.48. The third kappa shape index (κ3) is 2.63. The minimum Gasteiger partial charge on any atom is -0.467 e. The number of likely N-dealkylation sites (N-methyl/N-ethyl adjacent to an activating group) is 1. The summed E-state index contributed by atoms with van der Waals surface area (Å²) in [4.78, 5) is 17.1. The highest BCUT2D eigenvalue weighted by molar-refractivity contribution is 9.10. The van der Waals surface area contributed by atoms with Gasteiger partial charge in [-0.15, -0.1) is 0 Å². The Morgan fingerprint density at radius 3 is 2.88 bits per heavy atom. The molecule has 5 nitrogen and oxygen atoms in total. The number of ether oxygens (including phenoxy) is 1. The molecule has 0 bridgehead atoms. The molecule has 0 spiro atoms. The molecule has 1 heterocycles. The summed E-state index contributed by atoms with van der Waals surface area (Å²) in [6, 6.07) is 1.39. The predicted octanol–water partition coefficient (Wildman–Crippen LogP) is 1.42. The summed E-state index contributed by atoms with van der Waals surface area (Å²) in [5.41, 5.74) is 6.43. The van der Waals surface area contributed by atoms with Crippen LogP contribution in [0.2, 0.25) is 0 Å². The number of nitrogens with zero attached hydrogens (tertiary/aromatic N) is 2. The van der Waals surface area contributed by atoms with Crippen molar-refractivity contribution in [2.75, 3.05) is 24.8 Å². The molecule has 0 saturated heterocycles. The number of carbonyl (C=O) groups is 1. The van der Waals surface area contributed by atoms with Gasteiger partial charge in [0.1, 0.15) is 11.9 Å². The van der Waals surface area contributed by atoms with E-state index in [2.05, 4.69) is 25.7 Å². The highest BCUT2D eigenvalue weighted by Crippen LogP contribution is 2.25. The summed E-state index contributed by atoms with van der Waals surface area (Å²) in [5.74, 6) is 0.0586. The fourth-order valence-corrected chi connectivity index (χ4v) is 1.58. The number of nitrogen functional groups attached to an aromatic ring is 1. The normalized spacial score (nSPS) is 12.0. The van der Waals surface area contributed by atoms with Crippen molar-refractivity contribution in [2.45, 2.75) is 13.0 Å². The number of esters is 1. The molecule has 0 aliphatic heterocycles. The fourth-order valence-electron chi connectivity index (χ4n) is 1.26. The van der Waals surface area contributed by atoms with E-state index in [9.17, 15) is 4.79 Å². The number of hydrogen-bond acceptors (Lipinski definition) is 5. The minimum atomic E-state index is -0.414. The van der Waals surface area contributed by atoms with E-state index in [0.29, 0.717) is 11.5 Å². The Labute approximate surface area is 103 Å². The molecular weight excluding hydrogens is 274 g/mol. The average Bonchev–Trinajstić information content (AvgIpc) is 2.29. The Hall–Kier alpha value is -1.30. The first-order chi connectivity index (χ1) is 7.47. The highest BCUT2D eigenvalue weighted by Gasteiger charge is 2.20. The van der Waals surface area contributed by atoms with Gasteiger partial charge in [0, 0.05) is 17.7 Å². The first-order valence-electron chi connectivity index (χ1n) is 4.69. The maximum absolute atomic E-state index is 11.4. The van der Waals surface area contributed by atoms with Crippen molar-refractivity contribution in [1.82, 2.24) is 4.98 Å². The molecule has 2 N–H and O–H groups in total. The molecule has 0 unspecified atom stereocenters. The molecule has 88 valence electrons. The van der Waals surface area contributed by atoms with Crippen molar-refractivity contribution in [3.63, 3.8) is 0 Å². The number of hydrogen-bond donors (Lipinski definition) is 1. The van der Waals surface area contributed by atoms with Crippen molar-refractivity contribution in [1.29, 1.82) is 0 Å². The van der Waals surface area contributed by atoms with E-state index in [1.54, 1.807) is 25.1 Å². The third-order valence-corrected chi connectivity index (χ3v) is 2.80. The maximum atomic E-state index is 11.4. The van der Waals surface area contributed by atoms with Crippen LogP contribution >= 0.6 is 15.9 Å². The van der Waals surface area contributed by atoms with Crippen molar-refractivity contribution in [3.05, 3.63) is 16.7 Å². The molecule has 0 saturated carbocycles. The zero-order chi connectivity index (χ0) is 12.3. The van der Waals surface area contributed by atoms with Crippen LogP contribution in [0, 0.1) is 0 Å². The summed E-state index contributed by atoms with van der Waals surface area (Å²) in [6.45, 7) is 1.74. The lowest BCUT2D eigenvalue weighted by Gasteiger charge is -2.25.